The molecule has 1 saturated heterocycles. The maximum atomic E-state index is 13.7. The first-order valence-electron chi connectivity index (χ1n) is 9.56. The van der Waals surface area contributed by atoms with Crippen molar-refractivity contribution in [2.75, 3.05) is 18.4 Å². The minimum absolute atomic E-state index is 0.0705. The number of aromatic amines is 1. The fourth-order valence-corrected chi connectivity index (χ4v) is 3.99. The second-order valence-electron chi connectivity index (χ2n) is 7.11. The molecule has 0 spiro atoms. The summed E-state index contributed by atoms with van der Waals surface area (Å²) in [6, 6.07) is 5.79. The first kappa shape index (κ1) is 19.4. The van der Waals surface area contributed by atoms with Crippen molar-refractivity contribution >= 4 is 34.1 Å². The smallest absolute Gasteiger partial charge is 0.258 e. The van der Waals surface area contributed by atoms with Gasteiger partial charge in [-0.2, -0.15) is 5.10 Å². The largest absolute Gasteiger partial charge is 0.381 e. The Balaban J connectivity index is 1.46. The van der Waals surface area contributed by atoms with Gasteiger partial charge in [0.15, 0.2) is 0 Å². The van der Waals surface area contributed by atoms with Gasteiger partial charge in [0.05, 0.1) is 17.3 Å². The molecule has 7 nitrogen and oxygen atoms in total. The Hall–Kier alpha value is -2.87. The van der Waals surface area contributed by atoms with Crippen molar-refractivity contribution in [2.24, 2.45) is 0 Å². The van der Waals surface area contributed by atoms with Gasteiger partial charge in [0, 0.05) is 42.8 Å². The zero-order valence-electron chi connectivity index (χ0n) is 15.9. The average Bonchev–Trinajstić information content (AvgIpc) is 3.09. The van der Waals surface area contributed by atoms with Crippen LogP contribution in [-0.2, 0) is 6.54 Å². The second-order valence-corrected chi connectivity index (χ2v) is 7.47. The zero-order valence-corrected chi connectivity index (χ0v) is 16.7. The van der Waals surface area contributed by atoms with Crippen LogP contribution in [0.5, 0.6) is 0 Å². The Kier molecular flexibility index (Phi) is 5.27. The van der Waals surface area contributed by atoms with E-state index in [1.54, 1.807) is 15.6 Å². The maximum absolute atomic E-state index is 13.7. The number of pyridine rings is 1. The highest BCUT2D eigenvalue weighted by Crippen LogP contribution is 2.25. The van der Waals surface area contributed by atoms with Crippen LogP contribution in [0.4, 0.5) is 10.1 Å². The van der Waals surface area contributed by atoms with E-state index in [2.05, 4.69) is 15.4 Å². The molecule has 152 valence electrons. The number of halogens is 2. The van der Waals surface area contributed by atoms with E-state index in [1.165, 1.54) is 24.4 Å². The number of likely N-dealkylation sites (tertiary alicyclic amines) is 1. The molecule has 4 rings (SSSR count). The summed E-state index contributed by atoms with van der Waals surface area (Å²) in [5.74, 6) is -0.491. The van der Waals surface area contributed by atoms with Gasteiger partial charge in [-0.25, -0.2) is 4.39 Å². The molecule has 1 amide bonds. The highest BCUT2D eigenvalue weighted by atomic mass is 35.5. The Morgan fingerprint density at radius 1 is 1.34 bits per heavy atom. The Bertz CT molecular complexity index is 1120. The summed E-state index contributed by atoms with van der Waals surface area (Å²) in [6.45, 7) is 3.62. The molecular formula is C20H21ClFN5O2. The third kappa shape index (κ3) is 3.85. The van der Waals surface area contributed by atoms with Crippen molar-refractivity contribution in [1.29, 1.82) is 0 Å². The molecule has 1 aliphatic rings. The van der Waals surface area contributed by atoms with Crippen molar-refractivity contribution in [2.45, 2.75) is 32.4 Å². The predicted octanol–water partition coefficient (Wildman–Crippen LogP) is 3.25. The van der Waals surface area contributed by atoms with Gasteiger partial charge in [0.25, 0.3) is 5.91 Å². The number of rotatable bonds is 4. The van der Waals surface area contributed by atoms with Gasteiger partial charge in [-0.3, -0.25) is 14.3 Å². The lowest BCUT2D eigenvalue weighted by molar-refractivity contribution is 0.0718. The number of nitrogens with one attached hydrogen (secondary N) is 2. The second kappa shape index (κ2) is 7.87. The molecule has 1 aromatic carbocycles. The lowest BCUT2D eigenvalue weighted by Gasteiger charge is -2.33. The maximum Gasteiger partial charge on any atom is 0.258 e. The summed E-state index contributed by atoms with van der Waals surface area (Å²) < 4.78 is 15.3. The molecule has 3 heterocycles. The highest BCUT2D eigenvalue weighted by Gasteiger charge is 2.26. The van der Waals surface area contributed by atoms with Crippen molar-refractivity contribution in [3.63, 3.8) is 0 Å². The van der Waals surface area contributed by atoms with Crippen molar-refractivity contribution in [1.82, 2.24) is 19.7 Å². The number of hydrogen-bond donors (Lipinski definition) is 2. The van der Waals surface area contributed by atoms with Gasteiger partial charge in [-0.15, -0.1) is 0 Å². The molecule has 0 atom stereocenters. The normalized spacial score (nSPS) is 15.1. The van der Waals surface area contributed by atoms with Crippen LogP contribution in [0.3, 0.4) is 0 Å². The van der Waals surface area contributed by atoms with Gasteiger partial charge < -0.3 is 15.2 Å². The van der Waals surface area contributed by atoms with Crippen molar-refractivity contribution < 1.29 is 9.18 Å². The number of aryl methyl sites for hydroxylation is 1. The molecule has 0 radical (unpaired) electrons. The summed E-state index contributed by atoms with van der Waals surface area (Å²) >= 11 is 6.24. The lowest BCUT2D eigenvalue weighted by atomic mass is 10.0. The van der Waals surface area contributed by atoms with Crippen LogP contribution in [0.1, 0.15) is 30.1 Å². The fourth-order valence-electron chi connectivity index (χ4n) is 3.70. The van der Waals surface area contributed by atoms with Crippen LogP contribution < -0.4 is 10.9 Å². The summed E-state index contributed by atoms with van der Waals surface area (Å²) in [7, 11) is 0. The lowest BCUT2D eigenvalue weighted by Crippen LogP contribution is -2.42. The number of H-pyrrole nitrogens is 1. The van der Waals surface area contributed by atoms with Gasteiger partial charge >= 0.3 is 0 Å². The van der Waals surface area contributed by atoms with Crippen LogP contribution in [0, 0.1) is 5.82 Å². The molecule has 0 aliphatic carbocycles. The molecular weight excluding hydrogens is 397 g/mol. The number of hydrogen-bond acceptors (Lipinski definition) is 4. The van der Waals surface area contributed by atoms with Gasteiger partial charge in [-0.05, 0) is 38.0 Å². The molecule has 0 saturated carbocycles. The number of aromatic nitrogens is 3. The fraction of sp³-hybridized carbons (Fsp3) is 0.350. The minimum atomic E-state index is -0.363. The summed E-state index contributed by atoms with van der Waals surface area (Å²) in [5.41, 5.74) is 1.34. The van der Waals surface area contributed by atoms with E-state index in [1.807, 2.05) is 6.92 Å². The quantitative estimate of drug-likeness (QED) is 0.682. The Labute approximate surface area is 171 Å². The molecule has 2 N–H and O–H groups in total. The Morgan fingerprint density at radius 3 is 2.79 bits per heavy atom. The van der Waals surface area contributed by atoms with Crippen molar-refractivity contribution in [3.05, 3.63) is 57.3 Å². The highest BCUT2D eigenvalue weighted by molar-refractivity contribution is 6.32. The number of benzene rings is 1. The third-order valence-corrected chi connectivity index (χ3v) is 5.65. The van der Waals surface area contributed by atoms with E-state index in [0.717, 1.165) is 0 Å². The van der Waals surface area contributed by atoms with Crippen LogP contribution in [0.2, 0.25) is 5.15 Å². The first-order valence-corrected chi connectivity index (χ1v) is 9.93. The van der Waals surface area contributed by atoms with Gasteiger partial charge in [-0.1, -0.05) is 11.6 Å². The predicted molar refractivity (Wildman–Crippen MR) is 110 cm³/mol. The minimum Gasteiger partial charge on any atom is -0.381 e. The zero-order chi connectivity index (χ0) is 20.5. The number of nitrogens with zero attached hydrogens (tertiary/aromatic N) is 3. The Morgan fingerprint density at radius 2 is 2.10 bits per heavy atom. The summed E-state index contributed by atoms with van der Waals surface area (Å²) in [6.07, 6.45) is 2.92. The van der Waals surface area contributed by atoms with Gasteiger partial charge in [0.1, 0.15) is 11.0 Å². The average molecular weight is 418 g/mol. The number of piperidine rings is 1. The van der Waals surface area contributed by atoms with E-state index in [-0.39, 0.29) is 23.3 Å². The monoisotopic (exact) mass is 417 g/mol. The standard InChI is InChI=1S/C20H21ClFN5O2/c1-2-27-19(21)15(11-23-27)20(29)26-7-5-13(6-8-26)24-17-10-18(28)25-16-4-3-12(22)9-14(16)17/h3-4,9-11,13H,2,5-8H2,1H3,(H2,24,25,28). The number of anilines is 1. The van der Waals surface area contributed by atoms with E-state index in [0.29, 0.717) is 59.8 Å². The number of carbonyl (C=O) groups is 1. The van der Waals surface area contributed by atoms with Gasteiger partial charge in [0.2, 0.25) is 5.56 Å². The SMILES string of the molecule is CCn1ncc(C(=O)N2CCC(Nc3cc(=O)[nH]c4ccc(F)cc34)CC2)c1Cl. The topological polar surface area (TPSA) is 83.0 Å². The molecule has 1 aliphatic heterocycles. The molecule has 3 aromatic rings. The molecule has 9 heteroatoms. The number of amides is 1. The van der Waals surface area contributed by atoms with E-state index in [9.17, 15) is 14.0 Å². The van der Waals surface area contributed by atoms with E-state index >= 15 is 0 Å². The third-order valence-electron chi connectivity index (χ3n) is 5.25. The van der Waals surface area contributed by atoms with Crippen LogP contribution in [0.15, 0.2) is 35.3 Å². The molecule has 0 unspecified atom stereocenters. The molecule has 29 heavy (non-hydrogen) atoms. The molecule has 2 aromatic heterocycles. The van der Waals surface area contributed by atoms with Crippen LogP contribution in [-0.4, -0.2) is 44.7 Å². The molecule has 1 fully saturated rings. The molecule has 0 bridgehead atoms. The van der Waals surface area contributed by atoms with Crippen LogP contribution in [0.25, 0.3) is 10.9 Å². The summed E-state index contributed by atoms with van der Waals surface area (Å²) in [5, 5.41) is 8.46. The van der Waals surface area contributed by atoms with Crippen LogP contribution >= 0.6 is 11.6 Å². The van der Waals surface area contributed by atoms with Crippen molar-refractivity contribution in [3.8, 4) is 0 Å². The number of carbonyl (C=O) groups excluding carboxylic acids is 1. The first-order chi connectivity index (χ1) is 14.0. The summed E-state index contributed by atoms with van der Waals surface area (Å²) in [4.78, 5) is 29.1. The van der Waals surface area contributed by atoms with E-state index < -0.39 is 0 Å². The van der Waals surface area contributed by atoms with E-state index in [4.69, 9.17) is 11.6 Å². The number of fused-ring (bicyclic) bond motifs is 1.